The zero-order valence-electron chi connectivity index (χ0n) is 13.6. The third kappa shape index (κ3) is 4.61. The largest absolute Gasteiger partial charge is 0.491 e. The van der Waals surface area contributed by atoms with E-state index in [1.165, 1.54) is 0 Å². The number of anilines is 1. The van der Waals surface area contributed by atoms with Crippen molar-refractivity contribution in [3.05, 3.63) is 24.3 Å². The Hall–Kier alpha value is -1.79. The summed E-state index contributed by atoms with van der Waals surface area (Å²) in [5, 5.41) is 5.76. The fourth-order valence-corrected chi connectivity index (χ4v) is 2.57. The van der Waals surface area contributed by atoms with Crippen LogP contribution in [0.5, 0.6) is 5.75 Å². The van der Waals surface area contributed by atoms with Gasteiger partial charge >= 0.3 is 6.03 Å². The van der Waals surface area contributed by atoms with E-state index in [-0.39, 0.29) is 12.1 Å². The van der Waals surface area contributed by atoms with Gasteiger partial charge in [-0.3, -0.25) is 10.9 Å². The summed E-state index contributed by atoms with van der Waals surface area (Å²) < 4.78 is 5.62. The van der Waals surface area contributed by atoms with Crippen LogP contribution in [0.4, 0.5) is 10.5 Å². The molecule has 0 radical (unpaired) electrons. The van der Waals surface area contributed by atoms with E-state index >= 15 is 0 Å². The number of rotatable bonds is 5. The van der Waals surface area contributed by atoms with Gasteiger partial charge in [-0.2, -0.15) is 0 Å². The molecule has 1 aliphatic rings. The Labute approximate surface area is 132 Å². The van der Waals surface area contributed by atoms with E-state index in [1.54, 1.807) is 0 Å². The van der Waals surface area contributed by atoms with Crippen molar-refractivity contribution in [3.63, 3.8) is 0 Å². The molecule has 2 amide bonds. The van der Waals surface area contributed by atoms with Crippen LogP contribution in [0.25, 0.3) is 0 Å². The first-order valence-electron chi connectivity index (χ1n) is 7.78. The van der Waals surface area contributed by atoms with Crippen LogP contribution in [0.1, 0.15) is 27.7 Å². The Morgan fingerprint density at radius 3 is 2.59 bits per heavy atom. The van der Waals surface area contributed by atoms with Crippen molar-refractivity contribution in [1.29, 1.82) is 0 Å². The van der Waals surface area contributed by atoms with E-state index < -0.39 is 0 Å². The van der Waals surface area contributed by atoms with Crippen LogP contribution in [0.15, 0.2) is 24.3 Å². The number of ether oxygens (including phenoxy) is 1. The molecule has 2 rings (SSSR count). The number of carbonyl (C=O) groups excluding carboxylic acids is 1. The van der Waals surface area contributed by atoms with Crippen molar-refractivity contribution < 1.29 is 9.53 Å². The molecular weight excluding hydrogens is 280 g/mol. The second-order valence-electron chi connectivity index (χ2n) is 6.06. The SMILES string of the molecule is CC(C)Oc1cccc(NC(=O)NCC2C(C)NNC2C)c1. The summed E-state index contributed by atoms with van der Waals surface area (Å²) in [6.45, 7) is 8.77. The smallest absolute Gasteiger partial charge is 0.319 e. The van der Waals surface area contributed by atoms with Crippen LogP contribution in [-0.2, 0) is 0 Å². The van der Waals surface area contributed by atoms with Crippen molar-refractivity contribution in [2.75, 3.05) is 11.9 Å². The van der Waals surface area contributed by atoms with Crippen molar-refractivity contribution in [2.45, 2.75) is 45.9 Å². The van der Waals surface area contributed by atoms with Gasteiger partial charge in [0.05, 0.1) is 6.10 Å². The second kappa shape index (κ2) is 7.47. The van der Waals surface area contributed by atoms with E-state index in [1.807, 2.05) is 38.1 Å². The third-order valence-electron chi connectivity index (χ3n) is 3.79. The summed E-state index contributed by atoms with van der Waals surface area (Å²) in [6, 6.07) is 7.87. The lowest BCUT2D eigenvalue weighted by Gasteiger charge is -2.18. The van der Waals surface area contributed by atoms with Gasteiger partial charge in [-0.1, -0.05) is 6.07 Å². The third-order valence-corrected chi connectivity index (χ3v) is 3.79. The van der Waals surface area contributed by atoms with Crippen LogP contribution in [0.2, 0.25) is 0 Å². The molecule has 1 saturated heterocycles. The maximum atomic E-state index is 12.0. The van der Waals surface area contributed by atoms with Crippen LogP contribution < -0.4 is 26.2 Å². The minimum absolute atomic E-state index is 0.106. The highest BCUT2D eigenvalue weighted by Gasteiger charge is 2.29. The van der Waals surface area contributed by atoms with Gasteiger partial charge in [0.2, 0.25) is 0 Å². The average Bonchev–Trinajstić information content (AvgIpc) is 2.75. The molecule has 22 heavy (non-hydrogen) atoms. The number of urea groups is 1. The molecule has 0 aliphatic carbocycles. The summed E-state index contributed by atoms with van der Waals surface area (Å²) in [7, 11) is 0. The highest BCUT2D eigenvalue weighted by Crippen LogP contribution is 2.18. The highest BCUT2D eigenvalue weighted by atomic mass is 16.5. The molecule has 0 bridgehead atoms. The molecule has 6 heteroatoms. The molecule has 2 atom stereocenters. The fourth-order valence-electron chi connectivity index (χ4n) is 2.57. The number of carbonyl (C=O) groups is 1. The Morgan fingerprint density at radius 1 is 1.27 bits per heavy atom. The van der Waals surface area contributed by atoms with Crippen LogP contribution in [0, 0.1) is 5.92 Å². The molecule has 1 aromatic rings. The summed E-state index contributed by atoms with van der Waals surface area (Å²) in [5.74, 6) is 1.11. The van der Waals surface area contributed by atoms with Crippen LogP contribution >= 0.6 is 0 Å². The number of hydrogen-bond donors (Lipinski definition) is 4. The van der Waals surface area contributed by atoms with Gasteiger partial charge < -0.3 is 15.4 Å². The highest BCUT2D eigenvalue weighted by molar-refractivity contribution is 5.89. The first-order valence-corrected chi connectivity index (χ1v) is 7.78. The Balaban J connectivity index is 1.84. The van der Waals surface area contributed by atoms with E-state index in [0.29, 0.717) is 24.5 Å². The molecule has 0 aromatic heterocycles. The standard InChI is InChI=1S/C16H26N4O2/c1-10(2)22-14-7-5-6-13(8-14)18-16(21)17-9-15-11(3)19-20-12(15)4/h5-8,10-12,15,19-20H,9H2,1-4H3,(H2,17,18,21). The molecule has 1 heterocycles. The summed E-state index contributed by atoms with van der Waals surface area (Å²) in [5.41, 5.74) is 7.08. The average molecular weight is 306 g/mol. The summed E-state index contributed by atoms with van der Waals surface area (Å²) in [6.07, 6.45) is 0.106. The molecule has 1 aromatic carbocycles. The molecule has 122 valence electrons. The molecular formula is C16H26N4O2. The predicted octanol–water partition coefficient (Wildman–Crippen LogP) is 2.10. The van der Waals surface area contributed by atoms with Gasteiger partial charge in [0, 0.05) is 36.3 Å². The van der Waals surface area contributed by atoms with Gasteiger partial charge in [0.15, 0.2) is 0 Å². The molecule has 6 nitrogen and oxygen atoms in total. The van der Waals surface area contributed by atoms with E-state index in [4.69, 9.17) is 4.74 Å². The number of hydrogen-bond acceptors (Lipinski definition) is 4. The fraction of sp³-hybridized carbons (Fsp3) is 0.562. The normalized spacial score (nSPS) is 24.3. The van der Waals surface area contributed by atoms with Crippen LogP contribution in [-0.4, -0.2) is 30.8 Å². The van der Waals surface area contributed by atoms with Gasteiger partial charge in [-0.05, 0) is 39.8 Å². The van der Waals surface area contributed by atoms with Crippen molar-refractivity contribution >= 4 is 11.7 Å². The minimum atomic E-state index is -0.201. The Kier molecular flexibility index (Phi) is 5.63. The van der Waals surface area contributed by atoms with Gasteiger partial charge in [-0.25, -0.2) is 4.79 Å². The molecule has 1 aliphatic heterocycles. The van der Waals surface area contributed by atoms with E-state index in [2.05, 4.69) is 35.3 Å². The molecule has 0 spiro atoms. The zero-order valence-corrected chi connectivity index (χ0v) is 13.6. The number of benzene rings is 1. The zero-order chi connectivity index (χ0) is 16.1. The topological polar surface area (TPSA) is 74.4 Å². The lowest BCUT2D eigenvalue weighted by molar-refractivity contribution is 0.242. The van der Waals surface area contributed by atoms with Crippen molar-refractivity contribution in [1.82, 2.24) is 16.2 Å². The number of amides is 2. The maximum Gasteiger partial charge on any atom is 0.319 e. The van der Waals surface area contributed by atoms with Crippen molar-refractivity contribution in [3.8, 4) is 5.75 Å². The van der Waals surface area contributed by atoms with Crippen LogP contribution in [0.3, 0.4) is 0 Å². The maximum absolute atomic E-state index is 12.0. The van der Waals surface area contributed by atoms with Gasteiger partial charge in [0.1, 0.15) is 5.75 Å². The van der Waals surface area contributed by atoms with Crippen molar-refractivity contribution in [2.24, 2.45) is 5.92 Å². The summed E-state index contributed by atoms with van der Waals surface area (Å²) >= 11 is 0. The molecule has 1 fully saturated rings. The Morgan fingerprint density at radius 2 is 1.95 bits per heavy atom. The molecule has 2 unspecified atom stereocenters. The van der Waals surface area contributed by atoms with Gasteiger partial charge in [-0.15, -0.1) is 0 Å². The monoisotopic (exact) mass is 306 g/mol. The first kappa shape index (κ1) is 16.6. The molecule has 4 N–H and O–H groups in total. The minimum Gasteiger partial charge on any atom is -0.491 e. The lowest BCUT2D eigenvalue weighted by atomic mass is 9.97. The van der Waals surface area contributed by atoms with Gasteiger partial charge in [0.25, 0.3) is 0 Å². The molecule has 0 saturated carbocycles. The second-order valence-corrected chi connectivity index (χ2v) is 6.06. The number of nitrogens with one attached hydrogen (secondary N) is 4. The predicted molar refractivity (Wildman–Crippen MR) is 87.9 cm³/mol. The van der Waals surface area contributed by atoms with E-state index in [9.17, 15) is 4.79 Å². The summed E-state index contributed by atoms with van der Waals surface area (Å²) in [4.78, 5) is 12.0. The quantitative estimate of drug-likeness (QED) is 0.672. The van der Waals surface area contributed by atoms with E-state index in [0.717, 1.165) is 11.4 Å². The Bertz CT molecular complexity index is 497. The first-order chi connectivity index (χ1) is 10.5. The number of hydrazine groups is 1. The lowest BCUT2D eigenvalue weighted by Crippen LogP contribution is -2.39.